The van der Waals surface area contributed by atoms with E-state index in [0.29, 0.717) is 22.8 Å². The number of hydrogen-bond donors (Lipinski definition) is 3. The third kappa shape index (κ3) is 5.84. The van der Waals surface area contributed by atoms with Gasteiger partial charge in [-0.15, -0.1) is 0 Å². The number of aryl methyl sites for hydroxylation is 1. The molecule has 9 nitrogen and oxygen atoms in total. The summed E-state index contributed by atoms with van der Waals surface area (Å²) < 4.78 is 25.2. The number of nitrogens with zero attached hydrogens (tertiary/aromatic N) is 2. The fraction of sp³-hybridized carbons (Fsp3) is 0.250. The Morgan fingerprint density at radius 1 is 1.13 bits per heavy atom. The summed E-state index contributed by atoms with van der Waals surface area (Å²) in [6.07, 6.45) is 1.86. The highest BCUT2D eigenvalue weighted by Crippen LogP contribution is 2.26. The molecule has 164 valence electrons. The van der Waals surface area contributed by atoms with Crippen LogP contribution in [0.4, 0.5) is 0 Å². The average molecular weight is 462 g/mol. The molecule has 11 heteroatoms. The maximum atomic E-state index is 12.2. The Labute approximate surface area is 184 Å². The van der Waals surface area contributed by atoms with E-state index in [4.69, 9.17) is 5.14 Å². The summed E-state index contributed by atoms with van der Waals surface area (Å²) in [6.45, 7) is 2.74. The topological polar surface area (TPSA) is 136 Å². The first-order valence-corrected chi connectivity index (χ1v) is 12.1. The van der Waals surface area contributed by atoms with E-state index in [2.05, 4.69) is 22.8 Å². The molecule has 3 aromatic rings. The van der Waals surface area contributed by atoms with Crippen molar-refractivity contribution in [1.82, 2.24) is 20.4 Å². The third-order valence-corrected chi connectivity index (χ3v) is 6.32. The molecular weight excluding hydrogens is 438 g/mol. The number of carbonyl (C=O) groups is 2. The maximum Gasteiger partial charge on any atom is 0.269 e. The fourth-order valence-corrected chi connectivity index (χ4v) is 4.24. The highest BCUT2D eigenvalue weighted by atomic mass is 32.2. The molecule has 0 aliphatic carbocycles. The van der Waals surface area contributed by atoms with Crippen molar-refractivity contribution >= 4 is 44.6 Å². The van der Waals surface area contributed by atoms with E-state index in [9.17, 15) is 18.0 Å². The number of fused-ring (bicyclic) bond motifs is 1. The number of sulfonamides is 1. The van der Waals surface area contributed by atoms with Gasteiger partial charge in [0.15, 0.2) is 5.16 Å². The van der Waals surface area contributed by atoms with Gasteiger partial charge in [-0.3, -0.25) is 20.4 Å². The van der Waals surface area contributed by atoms with Crippen LogP contribution in [0.15, 0.2) is 58.6 Å². The van der Waals surface area contributed by atoms with Crippen molar-refractivity contribution < 1.29 is 18.0 Å². The van der Waals surface area contributed by atoms with Gasteiger partial charge in [-0.25, -0.2) is 18.5 Å². The van der Waals surface area contributed by atoms with Gasteiger partial charge in [0.2, 0.25) is 15.9 Å². The number of aromatic nitrogens is 2. The number of nitrogens with one attached hydrogen (secondary N) is 2. The second-order valence-corrected chi connectivity index (χ2v) is 9.26. The smallest absolute Gasteiger partial charge is 0.269 e. The van der Waals surface area contributed by atoms with E-state index >= 15 is 0 Å². The Morgan fingerprint density at radius 3 is 2.55 bits per heavy atom. The Balaban J connectivity index is 1.70. The van der Waals surface area contributed by atoms with Crippen molar-refractivity contribution in [3.05, 3.63) is 54.1 Å². The molecule has 1 aromatic heterocycles. The Hall–Kier alpha value is -2.89. The predicted octanol–water partition coefficient (Wildman–Crippen LogP) is 2.04. The van der Waals surface area contributed by atoms with Crippen LogP contribution in [0.5, 0.6) is 0 Å². The minimum Gasteiger partial charge on any atom is -0.319 e. The number of imidazole rings is 1. The molecule has 0 aliphatic heterocycles. The molecule has 2 aromatic carbocycles. The lowest BCUT2D eigenvalue weighted by Gasteiger charge is -2.09. The van der Waals surface area contributed by atoms with Crippen LogP contribution in [0.2, 0.25) is 0 Å². The summed E-state index contributed by atoms with van der Waals surface area (Å²) in [5.74, 6) is -0.787. The molecule has 0 atom stereocenters. The number of amides is 2. The lowest BCUT2D eigenvalue weighted by atomic mass is 10.2. The van der Waals surface area contributed by atoms with Gasteiger partial charge in [0, 0.05) is 12.1 Å². The van der Waals surface area contributed by atoms with E-state index in [1.807, 2.05) is 4.57 Å². The van der Waals surface area contributed by atoms with Gasteiger partial charge >= 0.3 is 0 Å². The number of hydrogen-bond acceptors (Lipinski definition) is 6. The molecule has 0 radical (unpaired) electrons. The van der Waals surface area contributed by atoms with Crippen LogP contribution in [0.3, 0.4) is 0 Å². The van der Waals surface area contributed by atoms with Crippen molar-refractivity contribution in [1.29, 1.82) is 0 Å². The maximum absolute atomic E-state index is 12.2. The average Bonchev–Trinajstić information content (AvgIpc) is 3.11. The van der Waals surface area contributed by atoms with E-state index < -0.39 is 21.8 Å². The monoisotopic (exact) mass is 461 g/mol. The molecule has 2 amide bonds. The molecule has 0 fully saturated rings. The second kappa shape index (κ2) is 9.94. The van der Waals surface area contributed by atoms with E-state index in [1.165, 1.54) is 23.9 Å². The van der Waals surface area contributed by atoms with Gasteiger partial charge < -0.3 is 4.57 Å². The number of benzene rings is 2. The summed E-state index contributed by atoms with van der Waals surface area (Å²) in [5.41, 5.74) is 6.45. The minimum atomic E-state index is -3.84. The summed E-state index contributed by atoms with van der Waals surface area (Å²) in [5, 5.41) is 5.80. The first-order valence-electron chi connectivity index (χ1n) is 9.59. The molecule has 4 N–H and O–H groups in total. The van der Waals surface area contributed by atoms with Crippen molar-refractivity contribution in [3.8, 4) is 0 Å². The van der Waals surface area contributed by atoms with E-state index in [-0.39, 0.29) is 10.6 Å². The molecular formula is C20H23N5O4S2. The highest BCUT2D eigenvalue weighted by Gasteiger charge is 2.16. The molecule has 31 heavy (non-hydrogen) atoms. The summed E-state index contributed by atoms with van der Waals surface area (Å²) in [6, 6.07) is 13.1. The number of rotatable bonds is 8. The van der Waals surface area contributed by atoms with Gasteiger partial charge in [0.1, 0.15) is 0 Å². The van der Waals surface area contributed by atoms with Gasteiger partial charge in [-0.05, 0) is 36.8 Å². The largest absolute Gasteiger partial charge is 0.319 e. The van der Waals surface area contributed by atoms with Gasteiger partial charge in [0.25, 0.3) is 5.91 Å². The van der Waals surface area contributed by atoms with Crippen LogP contribution in [0.1, 0.15) is 30.1 Å². The molecule has 0 unspecified atom stereocenters. The fourth-order valence-electron chi connectivity index (χ4n) is 2.86. The standard InChI is InChI=1S/C20H23N5O4S2/c1-2-3-11-25-17-10-9-15(31(21,28)29)12-16(17)22-20(25)30-13-18(26)23-24-19(27)14-7-5-4-6-8-14/h4-10,12H,2-3,11,13H2,1H3,(H,23,26)(H,24,27)(H2,21,28,29). The van der Waals surface area contributed by atoms with E-state index in [1.54, 1.807) is 36.4 Å². The zero-order valence-electron chi connectivity index (χ0n) is 16.9. The molecule has 0 saturated carbocycles. The van der Waals surface area contributed by atoms with Crippen molar-refractivity contribution in [3.63, 3.8) is 0 Å². The molecule has 0 spiro atoms. The van der Waals surface area contributed by atoms with E-state index in [0.717, 1.165) is 18.4 Å². The number of primary sulfonamides is 1. The summed E-state index contributed by atoms with van der Waals surface area (Å²) >= 11 is 1.20. The molecule has 0 aliphatic rings. The Bertz CT molecular complexity index is 1190. The SMILES string of the molecule is CCCCn1c(SCC(=O)NNC(=O)c2ccccc2)nc2cc(S(N)(=O)=O)ccc21. The summed E-state index contributed by atoms with van der Waals surface area (Å²) in [4.78, 5) is 28.7. The Kier molecular flexibility index (Phi) is 7.31. The van der Waals surface area contributed by atoms with Crippen LogP contribution >= 0.6 is 11.8 Å². The van der Waals surface area contributed by atoms with Crippen LogP contribution in [-0.2, 0) is 21.4 Å². The first kappa shape index (κ1) is 22.8. The quantitative estimate of drug-likeness (QED) is 0.347. The minimum absolute atomic E-state index is 0.0157. The number of nitrogens with two attached hydrogens (primary N) is 1. The summed E-state index contributed by atoms with van der Waals surface area (Å²) in [7, 11) is -3.84. The normalized spacial score (nSPS) is 11.4. The zero-order chi connectivity index (χ0) is 22.4. The van der Waals surface area contributed by atoms with Crippen LogP contribution in [0, 0.1) is 0 Å². The number of hydrazine groups is 1. The molecule has 3 rings (SSSR count). The number of thioether (sulfide) groups is 1. The number of carbonyl (C=O) groups excluding carboxylic acids is 2. The molecule has 0 bridgehead atoms. The van der Waals surface area contributed by atoms with Crippen LogP contribution < -0.4 is 16.0 Å². The van der Waals surface area contributed by atoms with Crippen molar-refractivity contribution in [2.45, 2.75) is 36.4 Å². The first-order chi connectivity index (χ1) is 14.8. The third-order valence-electron chi connectivity index (χ3n) is 4.43. The lowest BCUT2D eigenvalue weighted by Crippen LogP contribution is -2.42. The highest BCUT2D eigenvalue weighted by molar-refractivity contribution is 7.99. The van der Waals surface area contributed by atoms with Gasteiger partial charge in [0.05, 0.1) is 21.7 Å². The lowest BCUT2D eigenvalue weighted by molar-refractivity contribution is -0.119. The van der Waals surface area contributed by atoms with Crippen molar-refractivity contribution in [2.24, 2.45) is 5.14 Å². The Morgan fingerprint density at radius 2 is 1.87 bits per heavy atom. The van der Waals surface area contributed by atoms with Gasteiger partial charge in [-0.1, -0.05) is 43.3 Å². The molecule has 1 heterocycles. The number of unbranched alkanes of at least 4 members (excludes halogenated alkanes) is 1. The predicted molar refractivity (Wildman–Crippen MR) is 119 cm³/mol. The van der Waals surface area contributed by atoms with Crippen molar-refractivity contribution in [2.75, 3.05) is 5.75 Å². The van der Waals surface area contributed by atoms with Crippen LogP contribution in [0.25, 0.3) is 11.0 Å². The van der Waals surface area contributed by atoms with Gasteiger partial charge in [-0.2, -0.15) is 0 Å². The zero-order valence-corrected chi connectivity index (χ0v) is 18.5. The molecule has 0 saturated heterocycles. The second-order valence-electron chi connectivity index (χ2n) is 6.75. The van der Waals surface area contributed by atoms with Crippen LogP contribution in [-0.4, -0.2) is 35.5 Å².